The molecule has 3 rings (SSSR count). The molecule has 0 saturated carbocycles. The van der Waals surface area contributed by atoms with E-state index in [4.69, 9.17) is 9.47 Å². The second kappa shape index (κ2) is 11.5. The number of β-amino-alcohol motifs (C(OH)–C–C–N with tert-alkyl or cyclic N) is 1. The number of nitrogens with one attached hydrogen (secondary N) is 1. The molecular weight excluding hydrogens is 384 g/mol. The normalized spacial score (nSPS) is 15.8. The molecule has 1 fully saturated rings. The highest BCUT2D eigenvalue weighted by Crippen LogP contribution is 2.28. The van der Waals surface area contributed by atoms with E-state index in [9.17, 15) is 5.11 Å². The lowest BCUT2D eigenvalue weighted by atomic mass is 10.1. The van der Waals surface area contributed by atoms with Gasteiger partial charge >= 0.3 is 0 Å². The lowest BCUT2D eigenvalue weighted by molar-refractivity contribution is 0.0705. The van der Waals surface area contributed by atoms with Crippen molar-refractivity contribution in [3.8, 4) is 11.5 Å². The van der Waals surface area contributed by atoms with E-state index in [1.165, 1.54) is 11.1 Å². The molecule has 5 nitrogen and oxygen atoms in total. The van der Waals surface area contributed by atoms with Gasteiger partial charge < -0.3 is 19.9 Å². The van der Waals surface area contributed by atoms with Crippen LogP contribution >= 0.6 is 11.8 Å². The molecule has 0 bridgehead atoms. The first-order valence-corrected chi connectivity index (χ1v) is 11.3. The molecule has 29 heavy (non-hydrogen) atoms. The van der Waals surface area contributed by atoms with Gasteiger partial charge in [0.25, 0.3) is 0 Å². The van der Waals surface area contributed by atoms with Crippen molar-refractivity contribution in [1.29, 1.82) is 0 Å². The smallest absolute Gasteiger partial charge is 0.161 e. The molecule has 2 aromatic rings. The number of rotatable bonds is 10. The molecule has 6 heteroatoms. The number of aryl methyl sites for hydroxylation is 1. The highest BCUT2D eigenvalue weighted by atomic mass is 32.2. The Morgan fingerprint density at radius 1 is 1.10 bits per heavy atom. The molecule has 158 valence electrons. The predicted molar refractivity (Wildman–Crippen MR) is 120 cm³/mol. The van der Waals surface area contributed by atoms with Crippen molar-refractivity contribution in [2.45, 2.75) is 26.1 Å². The topological polar surface area (TPSA) is 54.0 Å². The summed E-state index contributed by atoms with van der Waals surface area (Å²) in [4.78, 5) is 2.30. The predicted octanol–water partition coefficient (Wildman–Crippen LogP) is 3.08. The van der Waals surface area contributed by atoms with Gasteiger partial charge in [-0.05, 0) is 35.7 Å². The van der Waals surface area contributed by atoms with Crippen LogP contribution in [0.15, 0.2) is 42.5 Å². The van der Waals surface area contributed by atoms with Crippen LogP contribution in [-0.4, -0.2) is 61.0 Å². The number of thioether (sulfide) groups is 1. The van der Waals surface area contributed by atoms with Crippen molar-refractivity contribution in [3.63, 3.8) is 0 Å². The van der Waals surface area contributed by atoms with Crippen LogP contribution in [0.5, 0.6) is 11.5 Å². The average molecular weight is 417 g/mol. The molecule has 0 aromatic heterocycles. The molecule has 0 spiro atoms. The molecule has 0 radical (unpaired) electrons. The number of hydrogen-bond acceptors (Lipinski definition) is 6. The Balaban J connectivity index is 1.48. The highest BCUT2D eigenvalue weighted by molar-refractivity contribution is 7.99. The van der Waals surface area contributed by atoms with Crippen molar-refractivity contribution >= 4 is 11.8 Å². The first kappa shape index (κ1) is 22.0. The zero-order valence-electron chi connectivity index (χ0n) is 17.4. The maximum absolute atomic E-state index is 10.3. The molecule has 1 saturated heterocycles. The molecule has 0 aliphatic carbocycles. The van der Waals surface area contributed by atoms with Gasteiger partial charge in [0, 0.05) is 44.2 Å². The molecule has 0 amide bonds. The van der Waals surface area contributed by atoms with Crippen molar-refractivity contribution in [2.24, 2.45) is 0 Å². The van der Waals surface area contributed by atoms with Gasteiger partial charge in [-0.1, -0.05) is 30.3 Å². The zero-order chi connectivity index (χ0) is 20.5. The van der Waals surface area contributed by atoms with E-state index < -0.39 is 6.10 Å². The van der Waals surface area contributed by atoms with E-state index in [2.05, 4.69) is 41.4 Å². The van der Waals surface area contributed by atoms with E-state index in [-0.39, 0.29) is 6.61 Å². The summed E-state index contributed by atoms with van der Waals surface area (Å²) in [6.07, 6.45) is -0.502. The fraction of sp³-hybridized carbons (Fsp3) is 0.478. The Labute approximate surface area is 178 Å². The number of aliphatic hydroxyl groups is 1. The summed E-state index contributed by atoms with van der Waals surface area (Å²) in [5, 5.41) is 13.8. The number of benzene rings is 2. The van der Waals surface area contributed by atoms with Gasteiger partial charge in [0.05, 0.1) is 7.11 Å². The number of ether oxygens (including phenoxy) is 2. The number of aliphatic hydroxyl groups excluding tert-OH is 1. The summed E-state index contributed by atoms with van der Waals surface area (Å²) < 4.78 is 11.4. The zero-order valence-corrected chi connectivity index (χ0v) is 18.2. The van der Waals surface area contributed by atoms with Gasteiger partial charge in [-0.2, -0.15) is 11.8 Å². The highest BCUT2D eigenvalue weighted by Gasteiger charge is 2.16. The molecule has 1 aliphatic rings. The first-order chi connectivity index (χ1) is 14.2. The van der Waals surface area contributed by atoms with Gasteiger partial charge in [0.1, 0.15) is 12.7 Å². The van der Waals surface area contributed by atoms with Gasteiger partial charge in [-0.15, -0.1) is 0 Å². The Morgan fingerprint density at radius 3 is 2.66 bits per heavy atom. The van der Waals surface area contributed by atoms with Crippen molar-refractivity contribution in [1.82, 2.24) is 10.2 Å². The van der Waals surface area contributed by atoms with Crippen LogP contribution in [0.3, 0.4) is 0 Å². The van der Waals surface area contributed by atoms with E-state index in [0.29, 0.717) is 18.0 Å². The Kier molecular flexibility index (Phi) is 8.68. The van der Waals surface area contributed by atoms with E-state index in [1.54, 1.807) is 7.11 Å². The summed E-state index contributed by atoms with van der Waals surface area (Å²) in [5.41, 5.74) is 3.73. The lowest BCUT2D eigenvalue weighted by Gasteiger charge is -2.28. The van der Waals surface area contributed by atoms with Crippen LogP contribution in [0.4, 0.5) is 0 Å². The Bertz CT molecular complexity index is 766. The Hall–Kier alpha value is -1.73. The fourth-order valence-electron chi connectivity index (χ4n) is 3.41. The van der Waals surface area contributed by atoms with Crippen LogP contribution in [0, 0.1) is 6.92 Å². The van der Waals surface area contributed by atoms with E-state index in [0.717, 1.165) is 43.2 Å². The first-order valence-electron chi connectivity index (χ1n) is 10.2. The molecule has 2 aromatic carbocycles. The standard InChI is InChI=1S/C23H32N2O3S/c1-18-5-3-4-6-20(18)15-24-14-19-7-8-22(23(13-19)27-2)28-17-21(26)16-25-9-11-29-12-10-25/h3-8,13,21,24,26H,9-12,14-17H2,1-2H3/t21-/m1/s1. The van der Waals surface area contributed by atoms with Crippen LogP contribution < -0.4 is 14.8 Å². The number of nitrogens with zero attached hydrogens (tertiary/aromatic N) is 1. The third-order valence-electron chi connectivity index (χ3n) is 5.14. The van der Waals surface area contributed by atoms with Gasteiger partial charge in [-0.25, -0.2) is 0 Å². The molecule has 0 unspecified atom stereocenters. The molecule has 2 N–H and O–H groups in total. The molecule has 1 aliphatic heterocycles. The van der Waals surface area contributed by atoms with Gasteiger partial charge in [0.2, 0.25) is 0 Å². The minimum atomic E-state index is -0.502. The quantitative estimate of drug-likeness (QED) is 0.621. The number of methoxy groups -OCH3 is 1. The van der Waals surface area contributed by atoms with Crippen molar-refractivity contribution < 1.29 is 14.6 Å². The van der Waals surface area contributed by atoms with Crippen LogP contribution in [0.25, 0.3) is 0 Å². The third kappa shape index (κ3) is 6.93. The lowest BCUT2D eigenvalue weighted by Crippen LogP contribution is -2.40. The second-order valence-electron chi connectivity index (χ2n) is 7.39. The van der Waals surface area contributed by atoms with Crippen LogP contribution in [0.1, 0.15) is 16.7 Å². The molecular formula is C23H32N2O3S. The summed E-state index contributed by atoms with van der Waals surface area (Å²) >= 11 is 1.97. The summed E-state index contributed by atoms with van der Waals surface area (Å²) in [6, 6.07) is 14.4. The van der Waals surface area contributed by atoms with Gasteiger partial charge in [-0.3, -0.25) is 4.90 Å². The van der Waals surface area contributed by atoms with Crippen molar-refractivity contribution in [2.75, 3.05) is 44.9 Å². The maximum Gasteiger partial charge on any atom is 0.161 e. The van der Waals surface area contributed by atoms with Crippen LogP contribution in [0.2, 0.25) is 0 Å². The third-order valence-corrected chi connectivity index (χ3v) is 6.08. The largest absolute Gasteiger partial charge is 0.493 e. The number of hydrogen-bond donors (Lipinski definition) is 2. The van der Waals surface area contributed by atoms with E-state index in [1.807, 2.05) is 30.0 Å². The van der Waals surface area contributed by atoms with Crippen LogP contribution in [-0.2, 0) is 13.1 Å². The SMILES string of the molecule is COc1cc(CNCc2ccccc2C)ccc1OC[C@H](O)CN1CCSCC1. The minimum Gasteiger partial charge on any atom is -0.493 e. The Morgan fingerprint density at radius 2 is 1.90 bits per heavy atom. The van der Waals surface area contributed by atoms with Gasteiger partial charge in [0.15, 0.2) is 11.5 Å². The summed E-state index contributed by atoms with van der Waals surface area (Å²) in [5.74, 6) is 3.65. The summed E-state index contributed by atoms with van der Waals surface area (Å²) in [6.45, 7) is 6.71. The average Bonchev–Trinajstić information content (AvgIpc) is 2.74. The van der Waals surface area contributed by atoms with Crippen molar-refractivity contribution in [3.05, 3.63) is 59.2 Å². The van der Waals surface area contributed by atoms with E-state index >= 15 is 0 Å². The second-order valence-corrected chi connectivity index (χ2v) is 8.62. The summed E-state index contributed by atoms with van der Waals surface area (Å²) in [7, 11) is 1.65. The molecule has 1 heterocycles. The minimum absolute atomic E-state index is 0.269. The maximum atomic E-state index is 10.3. The molecule has 1 atom stereocenters. The monoisotopic (exact) mass is 416 g/mol. The fourth-order valence-corrected chi connectivity index (χ4v) is 4.39.